The molecule has 100 valence electrons. The van der Waals surface area contributed by atoms with Crippen molar-refractivity contribution < 1.29 is 9.47 Å². The number of hydrogen-bond acceptors (Lipinski definition) is 3. The molecule has 0 N–H and O–H groups in total. The van der Waals surface area contributed by atoms with E-state index in [1.807, 2.05) is 12.3 Å². The molecule has 0 saturated heterocycles. The molecule has 0 amide bonds. The number of halogens is 1. The predicted molar refractivity (Wildman–Crippen MR) is 81.4 cm³/mol. The van der Waals surface area contributed by atoms with Gasteiger partial charge in [-0.1, -0.05) is 34.2 Å². The molecular weight excluding hydrogens is 318 g/mol. The van der Waals surface area contributed by atoms with Gasteiger partial charge < -0.3 is 9.47 Å². The first-order valence-corrected chi connectivity index (χ1v) is 7.66. The number of allylic oxidation sites excluding steroid dienone is 7. The lowest BCUT2D eigenvalue weighted by atomic mass is 10.1. The standard InChI is InChI=1S/C16H12BrNO2/c17-8-14-18-9-11-3-1-5-12-13(16(11)20-14)7-10-4-2-6-19-15(10)12/h1-2,4-5,7,9H,3,6,8H2. The highest BCUT2D eigenvalue weighted by molar-refractivity contribution is 9.09. The normalized spacial score (nSPS) is 22.9. The van der Waals surface area contributed by atoms with Crippen molar-refractivity contribution in [3.63, 3.8) is 0 Å². The average Bonchev–Trinajstić information content (AvgIpc) is 2.77. The molecule has 4 rings (SSSR count). The van der Waals surface area contributed by atoms with Crippen molar-refractivity contribution in [2.45, 2.75) is 6.42 Å². The third-order valence-electron chi connectivity index (χ3n) is 3.58. The van der Waals surface area contributed by atoms with Gasteiger partial charge in [0, 0.05) is 28.5 Å². The minimum absolute atomic E-state index is 0.611. The van der Waals surface area contributed by atoms with Crippen LogP contribution in [-0.4, -0.2) is 17.8 Å². The third kappa shape index (κ3) is 1.75. The van der Waals surface area contributed by atoms with Gasteiger partial charge in [-0.05, 0) is 18.6 Å². The second-order valence-electron chi connectivity index (χ2n) is 4.82. The second-order valence-corrected chi connectivity index (χ2v) is 5.38. The van der Waals surface area contributed by atoms with Crippen LogP contribution in [0.1, 0.15) is 6.42 Å². The Morgan fingerprint density at radius 2 is 2.10 bits per heavy atom. The summed E-state index contributed by atoms with van der Waals surface area (Å²) in [6.45, 7) is 0.629. The fourth-order valence-electron chi connectivity index (χ4n) is 2.68. The van der Waals surface area contributed by atoms with E-state index in [0.29, 0.717) is 17.8 Å². The van der Waals surface area contributed by atoms with Crippen molar-refractivity contribution in [2.24, 2.45) is 4.99 Å². The van der Waals surface area contributed by atoms with Crippen LogP contribution in [0.3, 0.4) is 0 Å². The van der Waals surface area contributed by atoms with Crippen LogP contribution < -0.4 is 0 Å². The van der Waals surface area contributed by atoms with Gasteiger partial charge in [0.25, 0.3) is 0 Å². The van der Waals surface area contributed by atoms with E-state index in [4.69, 9.17) is 9.47 Å². The largest absolute Gasteiger partial charge is 0.488 e. The van der Waals surface area contributed by atoms with Gasteiger partial charge in [0.2, 0.25) is 5.90 Å². The zero-order chi connectivity index (χ0) is 13.5. The van der Waals surface area contributed by atoms with Crippen molar-refractivity contribution in [3.8, 4) is 0 Å². The molecule has 0 unspecified atom stereocenters. The maximum absolute atomic E-state index is 5.96. The van der Waals surface area contributed by atoms with Crippen LogP contribution in [0.15, 0.2) is 75.4 Å². The van der Waals surface area contributed by atoms with E-state index in [-0.39, 0.29) is 0 Å². The molecule has 0 fully saturated rings. The van der Waals surface area contributed by atoms with Crippen LogP contribution >= 0.6 is 15.9 Å². The van der Waals surface area contributed by atoms with Crippen molar-refractivity contribution >= 4 is 21.8 Å². The molecule has 0 aromatic rings. The lowest BCUT2D eigenvalue weighted by molar-refractivity contribution is 0.251. The van der Waals surface area contributed by atoms with Crippen LogP contribution in [0, 0.1) is 0 Å². The van der Waals surface area contributed by atoms with Gasteiger partial charge in [0.15, 0.2) is 0 Å². The van der Waals surface area contributed by atoms with E-state index in [9.17, 15) is 0 Å². The number of rotatable bonds is 1. The van der Waals surface area contributed by atoms with E-state index in [2.05, 4.69) is 45.2 Å². The quantitative estimate of drug-likeness (QED) is 0.687. The molecule has 20 heavy (non-hydrogen) atoms. The highest BCUT2D eigenvalue weighted by atomic mass is 79.9. The van der Waals surface area contributed by atoms with Crippen molar-refractivity contribution in [2.75, 3.05) is 11.9 Å². The number of alkyl halides is 1. The summed E-state index contributed by atoms with van der Waals surface area (Å²) in [5.74, 6) is 2.55. The molecule has 4 aliphatic rings. The third-order valence-corrected chi connectivity index (χ3v) is 4.05. The summed E-state index contributed by atoms with van der Waals surface area (Å²) in [4.78, 5) is 4.31. The molecule has 0 bridgehead atoms. The van der Waals surface area contributed by atoms with Crippen molar-refractivity contribution in [1.82, 2.24) is 0 Å². The van der Waals surface area contributed by atoms with Gasteiger partial charge in [0.05, 0.1) is 5.33 Å². The fourth-order valence-corrected chi connectivity index (χ4v) is 2.94. The van der Waals surface area contributed by atoms with Crippen molar-refractivity contribution in [3.05, 3.63) is 70.4 Å². The molecule has 0 saturated carbocycles. The van der Waals surface area contributed by atoms with E-state index in [1.54, 1.807) is 0 Å². The summed E-state index contributed by atoms with van der Waals surface area (Å²) in [7, 11) is 0. The molecule has 4 heteroatoms. The highest BCUT2D eigenvalue weighted by Crippen LogP contribution is 2.41. The van der Waals surface area contributed by atoms with E-state index in [1.165, 1.54) is 0 Å². The van der Waals surface area contributed by atoms with Gasteiger partial charge in [-0.15, -0.1) is 0 Å². The molecule has 2 heterocycles. The Hall–Kier alpha value is -1.81. The lowest BCUT2D eigenvalue weighted by Crippen LogP contribution is -2.12. The van der Waals surface area contributed by atoms with Crippen LogP contribution in [0.4, 0.5) is 0 Å². The first kappa shape index (κ1) is 12.0. The lowest BCUT2D eigenvalue weighted by Gasteiger charge is -2.17. The molecule has 0 aromatic carbocycles. The Labute approximate surface area is 125 Å². The minimum atomic E-state index is 0.611. The first-order chi connectivity index (χ1) is 9.86. The summed E-state index contributed by atoms with van der Waals surface area (Å²) in [6, 6.07) is 0. The van der Waals surface area contributed by atoms with Gasteiger partial charge in [-0.2, -0.15) is 0 Å². The number of ether oxygens (including phenoxy) is 2. The minimum Gasteiger partial charge on any atom is -0.488 e. The summed E-state index contributed by atoms with van der Waals surface area (Å²) in [5, 5.41) is 0.611. The predicted octanol–water partition coefficient (Wildman–Crippen LogP) is 3.69. The van der Waals surface area contributed by atoms with Crippen LogP contribution in [0.25, 0.3) is 0 Å². The summed E-state index contributed by atoms with van der Waals surface area (Å²) < 4.78 is 11.7. The van der Waals surface area contributed by atoms with E-state index in [0.717, 1.165) is 40.2 Å². The molecular formula is C16H12BrNO2. The average molecular weight is 330 g/mol. The second kappa shape index (κ2) is 4.63. The molecule has 0 radical (unpaired) electrons. The summed E-state index contributed by atoms with van der Waals surface area (Å²) in [6.07, 6.45) is 13.3. The molecule has 0 atom stereocenters. The Morgan fingerprint density at radius 3 is 3.00 bits per heavy atom. The highest BCUT2D eigenvalue weighted by Gasteiger charge is 2.29. The smallest absolute Gasteiger partial charge is 0.205 e. The van der Waals surface area contributed by atoms with Gasteiger partial charge in [-0.3, -0.25) is 0 Å². The number of nitrogens with zero attached hydrogens (tertiary/aromatic N) is 1. The SMILES string of the molecule is BrCC1=NC=C2CC=CC3=C4OCC=CC4=CC3=C2O1. The molecule has 3 nitrogen and oxygen atoms in total. The zero-order valence-corrected chi connectivity index (χ0v) is 12.3. The zero-order valence-electron chi connectivity index (χ0n) is 10.7. The summed E-state index contributed by atoms with van der Waals surface area (Å²) in [5.41, 5.74) is 4.43. The number of aliphatic imine (C=N–C) groups is 1. The van der Waals surface area contributed by atoms with Gasteiger partial charge in [-0.25, -0.2) is 4.99 Å². The van der Waals surface area contributed by atoms with Crippen LogP contribution in [-0.2, 0) is 9.47 Å². The van der Waals surface area contributed by atoms with Crippen molar-refractivity contribution in [1.29, 1.82) is 0 Å². The van der Waals surface area contributed by atoms with E-state index < -0.39 is 0 Å². The fraction of sp³-hybridized carbons (Fsp3) is 0.188. The van der Waals surface area contributed by atoms with Gasteiger partial charge in [0.1, 0.15) is 18.1 Å². The monoisotopic (exact) mass is 329 g/mol. The van der Waals surface area contributed by atoms with Crippen LogP contribution in [0.2, 0.25) is 0 Å². The first-order valence-electron chi connectivity index (χ1n) is 6.53. The Bertz CT molecular complexity index is 702. The maximum atomic E-state index is 5.96. The summed E-state index contributed by atoms with van der Waals surface area (Å²) >= 11 is 3.39. The van der Waals surface area contributed by atoms with Crippen LogP contribution in [0.5, 0.6) is 0 Å². The number of hydrogen-bond donors (Lipinski definition) is 0. The Morgan fingerprint density at radius 1 is 1.15 bits per heavy atom. The topological polar surface area (TPSA) is 30.8 Å². The maximum Gasteiger partial charge on any atom is 0.205 e. The molecule has 0 spiro atoms. The molecule has 2 aliphatic heterocycles. The van der Waals surface area contributed by atoms with Gasteiger partial charge >= 0.3 is 0 Å². The Balaban J connectivity index is 1.91. The Kier molecular flexibility index (Phi) is 2.77. The molecule has 0 aromatic heterocycles. The van der Waals surface area contributed by atoms with E-state index >= 15 is 0 Å². The number of fused-ring (bicyclic) bond motifs is 3. The molecule has 2 aliphatic carbocycles.